The maximum atomic E-state index is 13.4. The molecule has 4 saturated carbocycles. The second kappa shape index (κ2) is 9.80. The van der Waals surface area contributed by atoms with Crippen LogP contribution >= 0.6 is 0 Å². The number of benzene rings is 2. The van der Waals surface area contributed by atoms with Crippen LogP contribution in [0.1, 0.15) is 59.3 Å². The van der Waals surface area contributed by atoms with Gasteiger partial charge in [0.25, 0.3) is 5.91 Å². The quantitative estimate of drug-likeness (QED) is 0.323. The number of fused-ring (bicyclic) bond motifs is 1. The van der Waals surface area contributed by atoms with Gasteiger partial charge in [-0.05, 0) is 91.8 Å². The van der Waals surface area contributed by atoms with Gasteiger partial charge in [0.2, 0.25) is 0 Å². The minimum atomic E-state index is -4.64. The minimum Gasteiger partial charge on any atom is -0.390 e. The first-order chi connectivity index (χ1) is 20.1. The molecule has 4 aliphatic rings. The molecule has 0 saturated heterocycles. The van der Waals surface area contributed by atoms with Crippen LogP contribution in [0.5, 0.6) is 0 Å². The first kappa shape index (κ1) is 26.9. The zero-order valence-electron chi connectivity index (χ0n) is 22.8. The van der Waals surface area contributed by atoms with Crippen molar-refractivity contribution in [2.45, 2.75) is 56.3 Å². The number of rotatable bonds is 5. The highest BCUT2D eigenvalue weighted by molar-refractivity contribution is 5.94. The number of nitrogens with one attached hydrogen (secondary N) is 1. The third-order valence-electron chi connectivity index (χ3n) is 9.40. The fraction of sp³-hybridized carbons (Fsp3) is 0.364. The fourth-order valence-corrected chi connectivity index (χ4v) is 7.77. The van der Waals surface area contributed by atoms with E-state index in [1.807, 2.05) is 0 Å². The number of halogens is 3. The zero-order valence-corrected chi connectivity index (χ0v) is 22.8. The summed E-state index contributed by atoms with van der Waals surface area (Å²) < 4.78 is 41.8. The van der Waals surface area contributed by atoms with Gasteiger partial charge in [-0.2, -0.15) is 13.2 Å². The van der Waals surface area contributed by atoms with Gasteiger partial charge in [0, 0.05) is 35.5 Å². The smallest absolute Gasteiger partial charge is 0.390 e. The van der Waals surface area contributed by atoms with Crippen LogP contribution in [0.25, 0.3) is 16.7 Å². The van der Waals surface area contributed by atoms with E-state index in [1.54, 1.807) is 60.8 Å². The Hall–Kier alpha value is -3.98. The lowest BCUT2D eigenvalue weighted by atomic mass is 9.52. The average Bonchev–Trinajstić information content (AvgIpc) is 2.95. The molecule has 0 aliphatic heterocycles. The van der Waals surface area contributed by atoms with E-state index in [0.717, 1.165) is 43.7 Å². The summed E-state index contributed by atoms with van der Waals surface area (Å²) in [5.74, 6) is 1.04. The van der Waals surface area contributed by atoms with Crippen molar-refractivity contribution < 1.29 is 23.1 Å². The number of aromatic nitrogens is 2. The van der Waals surface area contributed by atoms with E-state index in [1.165, 1.54) is 10.6 Å². The van der Waals surface area contributed by atoms with Crippen LogP contribution in [0.3, 0.4) is 0 Å². The third kappa shape index (κ3) is 4.79. The van der Waals surface area contributed by atoms with Crippen molar-refractivity contribution in [2.24, 2.45) is 17.8 Å². The molecule has 4 aromatic rings. The maximum Gasteiger partial charge on any atom is 0.433 e. The molecule has 2 heterocycles. The van der Waals surface area contributed by atoms with Crippen molar-refractivity contribution >= 4 is 16.9 Å². The van der Waals surface area contributed by atoms with E-state index in [0.29, 0.717) is 34.6 Å². The molecule has 4 fully saturated rings. The van der Waals surface area contributed by atoms with Gasteiger partial charge in [-0.25, -0.2) is 4.98 Å². The summed E-state index contributed by atoms with van der Waals surface area (Å²) in [5.41, 5.74) is 0.228. The van der Waals surface area contributed by atoms with Gasteiger partial charge in [-0.15, -0.1) is 0 Å². The number of amides is 1. The summed E-state index contributed by atoms with van der Waals surface area (Å²) in [4.78, 5) is 30.4. The molecule has 8 rings (SSSR count). The normalized spacial score (nSPS) is 26.5. The van der Waals surface area contributed by atoms with E-state index in [-0.39, 0.29) is 34.8 Å². The number of hydrogen-bond donors (Lipinski definition) is 2. The molecule has 4 bridgehead atoms. The van der Waals surface area contributed by atoms with Crippen LogP contribution in [-0.4, -0.2) is 32.2 Å². The lowest BCUT2D eigenvalue weighted by molar-refractivity contribution is -0.141. The van der Waals surface area contributed by atoms with Gasteiger partial charge in [0.1, 0.15) is 11.3 Å². The molecular weight excluding hydrogens is 543 g/mol. The molecule has 0 spiro atoms. The highest BCUT2D eigenvalue weighted by Crippen LogP contribution is 2.55. The van der Waals surface area contributed by atoms with Gasteiger partial charge in [-0.3, -0.25) is 9.59 Å². The molecule has 216 valence electrons. The minimum absolute atomic E-state index is 0.0614. The largest absolute Gasteiger partial charge is 0.433 e. The number of hydrogen-bond acceptors (Lipinski definition) is 4. The molecule has 2 aromatic carbocycles. The van der Waals surface area contributed by atoms with Gasteiger partial charge >= 0.3 is 6.18 Å². The molecule has 42 heavy (non-hydrogen) atoms. The van der Waals surface area contributed by atoms with E-state index >= 15 is 0 Å². The molecule has 4 aliphatic carbocycles. The van der Waals surface area contributed by atoms with E-state index in [9.17, 15) is 27.9 Å². The van der Waals surface area contributed by atoms with Crippen LogP contribution in [-0.2, 0) is 12.6 Å². The predicted molar refractivity (Wildman–Crippen MR) is 151 cm³/mol. The highest BCUT2D eigenvalue weighted by Gasteiger charge is 2.55. The highest BCUT2D eigenvalue weighted by atomic mass is 19.4. The topological polar surface area (TPSA) is 84.2 Å². The predicted octanol–water partition coefficient (Wildman–Crippen LogP) is 5.66. The first-order valence-corrected chi connectivity index (χ1v) is 14.4. The molecule has 1 amide bonds. The summed E-state index contributed by atoms with van der Waals surface area (Å²) in [6, 6.07) is 18.0. The Labute approximate surface area is 240 Å². The number of nitrogens with zero attached hydrogens (tertiary/aromatic N) is 2. The SMILES string of the molecule is O=C(NC1[C@@H]2CC3C[C@H]1CC(O)(C3)C2)c1ccc(Cc2cn(-c3ccccc3)c3nc(C(F)(F)F)ccc3c2=O)cc1. The van der Waals surface area contributed by atoms with Crippen molar-refractivity contribution in [3.05, 3.63) is 106 Å². The standard InChI is InChI=1S/C33H30F3N3O3/c34-33(35,36)27-11-10-26-29(40)24(18-39(30(26)37-27)25-4-2-1-3-5-25)12-19-6-8-21(9-7-19)31(41)38-28-22-13-20-14-23(28)17-32(42,15-20)16-22/h1-11,18,20,22-23,28,42H,12-17H2,(H,38,41)/t20?,22-,23+,28?,32?. The average molecular weight is 574 g/mol. The number of aliphatic hydroxyl groups is 1. The van der Waals surface area contributed by atoms with Crippen LogP contribution in [0.15, 0.2) is 77.7 Å². The van der Waals surface area contributed by atoms with Crippen molar-refractivity contribution in [3.8, 4) is 5.69 Å². The molecule has 9 heteroatoms. The summed E-state index contributed by atoms with van der Waals surface area (Å²) in [6.45, 7) is 0. The fourth-order valence-electron chi connectivity index (χ4n) is 7.77. The van der Waals surface area contributed by atoms with E-state index in [2.05, 4.69) is 10.3 Å². The summed E-state index contributed by atoms with van der Waals surface area (Å²) in [7, 11) is 0. The summed E-state index contributed by atoms with van der Waals surface area (Å²) in [6.07, 6.45) is 1.65. The summed E-state index contributed by atoms with van der Waals surface area (Å²) >= 11 is 0. The van der Waals surface area contributed by atoms with E-state index in [4.69, 9.17) is 0 Å². The number of carbonyl (C=O) groups is 1. The lowest BCUT2D eigenvalue weighted by Gasteiger charge is -2.58. The van der Waals surface area contributed by atoms with Crippen LogP contribution in [0, 0.1) is 17.8 Å². The number of para-hydroxylation sites is 1. The number of carbonyl (C=O) groups excluding carboxylic acids is 1. The van der Waals surface area contributed by atoms with Crippen LogP contribution in [0.2, 0.25) is 0 Å². The Bertz CT molecular complexity index is 1720. The van der Waals surface area contributed by atoms with Gasteiger partial charge in [0.05, 0.1) is 11.0 Å². The Morgan fingerprint density at radius 1 is 0.976 bits per heavy atom. The molecular formula is C33H30F3N3O3. The molecule has 2 N–H and O–H groups in total. The third-order valence-corrected chi connectivity index (χ3v) is 9.40. The second-order valence-electron chi connectivity index (χ2n) is 12.3. The van der Waals surface area contributed by atoms with Crippen LogP contribution in [0.4, 0.5) is 13.2 Å². The van der Waals surface area contributed by atoms with Gasteiger partial charge < -0.3 is 15.0 Å². The van der Waals surface area contributed by atoms with Crippen molar-refractivity contribution in [1.82, 2.24) is 14.9 Å². The van der Waals surface area contributed by atoms with E-state index < -0.39 is 17.5 Å². The number of alkyl halides is 3. The van der Waals surface area contributed by atoms with Crippen LogP contribution < -0.4 is 10.7 Å². The lowest BCUT2D eigenvalue weighted by Crippen LogP contribution is -2.61. The van der Waals surface area contributed by atoms with Crippen molar-refractivity contribution in [2.75, 3.05) is 0 Å². The molecule has 2 aromatic heterocycles. The zero-order chi connectivity index (χ0) is 29.2. The summed E-state index contributed by atoms with van der Waals surface area (Å²) in [5, 5.41) is 14.2. The Morgan fingerprint density at radius 3 is 2.31 bits per heavy atom. The Balaban J connectivity index is 1.15. The van der Waals surface area contributed by atoms with Crippen molar-refractivity contribution in [1.29, 1.82) is 0 Å². The monoisotopic (exact) mass is 573 g/mol. The van der Waals surface area contributed by atoms with Gasteiger partial charge in [0.15, 0.2) is 5.43 Å². The first-order valence-electron chi connectivity index (χ1n) is 14.4. The molecule has 3 unspecified atom stereocenters. The maximum absolute atomic E-state index is 13.4. The van der Waals surface area contributed by atoms with Crippen molar-refractivity contribution in [3.63, 3.8) is 0 Å². The Kier molecular flexibility index (Phi) is 6.27. The van der Waals surface area contributed by atoms with Gasteiger partial charge in [-0.1, -0.05) is 30.3 Å². The number of pyridine rings is 2. The molecule has 5 atom stereocenters. The Morgan fingerprint density at radius 2 is 1.67 bits per heavy atom. The molecule has 0 radical (unpaired) electrons. The molecule has 6 nitrogen and oxygen atoms in total. The second-order valence-corrected chi connectivity index (χ2v) is 12.3.